The van der Waals surface area contributed by atoms with E-state index in [-0.39, 0.29) is 0 Å². The Morgan fingerprint density at radius 2 is 0.519 bits per heavy atom. The maximum absolute atomic E-state index is 2.43. The quantitative estimate of drug-likeness (QED) is 0.158. The van der Waals surface area contributed by atoms with Gasteiger partial charge in [0.05, 0.1) is 0 Å². The van der Waals surface area contributed by atoms with Gasteiger partial charge in [-0.15, -0.1) is 22.7 Å². The highest BCUT2D eigenvalue weighted by molar-refractivity contribution is 7.26. The number of benzene rings is 10. The van der Waals surface area contributed by atoms with Gasteiger partial charge in [0, 0.05) is 40.3 Å². The molecule has 0 saturated carbocycles. The third kappa shape index (κ3) is 4.02. The Hall–Kier alpha value is -6.06. The van der Waals surface area contributed by atoms with Crippen molar-refractivity contribution in [1.82, 2.24) is 0 Å². The first kappa shape index (κ1) is 28.6. The number of hydrogen-bond donors (Lipinski definition) is 0. The lowest BCUT2D eigenvalue weighted by atomic mass is 9.85. The predicted molar refractivity (Wildman–Crippen MR) is 231 cm³/mol. The van der Waals surface area contributed by atoms with Crippen molar-refractivity contribution in [1.29, 1.82) is 0 Å². The first-order chi connectivity index (χ1) is 25.8. The first-order valence-electron chi connectivity index (χ1n) is 17.8. The molecule has 0 atom stereocenters. The normalized spacial score (nSPS) is 12.2. The van der Waals surface area contributed by atoms with Crippen molar-refractivity contribution in [3.63, 3.8) is 0 Å². The molecular formula is C50H28S2. The van der Waals surface area contributed by atoms with Gasteiger partial charge in [0.2, 0.25) is 0 Å². The summed E-state index contributed by atoms with van der Waals surface area (Å²) in [4.78, 5) is 0. The Morgan fingerprint density at radius 1 is 0.212 bits per heavy atom. The lowest BCUT2D eigenvalue weighted by Gasteiger charge is -2.18. The van der Waals surface area contributed by atoms with Gasteiger partial charge >= 0.3 is 0 Å². The van der Waals surface area contributed by atoms with E-state index < -0.39 is 0 Å². The molecule has 0 amide bonds. The van der Waals surface area contributed by atoms with Gasteiger partial charge in [-0.2, -0.15) is 0 Å². The van der Waals surface area contributed by atoms with Crippen LogP contribution >= 0.6 is 22.7 Å². The summed E-state index contributed by atoms with van der Waals surface area (Å²) in [6, 6.07) is 63.8. The Kier molecular flexibility index (Phi) is 5.90. The van der Waals surface area contributed by atoms with Crippen LogP contribution in [0.5, 0.6) is 0 Å². The number of rotatable bonds is 2. The van der Waals surface area contributed by atoms with Crippen molar-refractivity contribution >= 4 is 117 Å². The van der Waals surface area contributed by atoms with Gasteiger partial charge in [0.15, 0.2) is 0 Å². The van der Waals surface area contributed by atoms with E-state index in [2.05, 4.69) is 170 Å². The summed E-state index contributed by atoms with van der Waals surface area (Å²) in [5, 5.41) is 18.4. The average Bonchev–Trinajstić information content (AvgIpc) is 3.78. The standard InChI is InChI=1S/C50H28S2/c1-3-13-37-33(9-1)41-25-29(31-19-23-47-43(27-31)35-11-5-7-15-45(35)51-47)17-21-39(41)50-38-14-4-2-10-34(38)42-26-30(18-22-40(42)49(37)50)32-20-24-48-44(28-32)36-12-6-8-16-46(36)52-48/h1-28H. The lowest BCUT2D eigenvalue weighted by Crippen LogP contribution is -1.90. The van der Waals surface area contributed by atoms with E-state index in [0.29, 0.717) is 0 Å². The van der Waals surface area contributed by atoms with Gasteiger partial charge in [-0.1, -0.05) is 121 Å². The zero-order chi connectivity index (χ0) is 33.9. The van der Waals surface area contributed by atoms with Crippen LogP contribution in [0.4, 0.5) is 0 Å². The second kappa shape index (κ2) is 10.7. The smallest absolute Gasteiger partial charge is 0.0355 e. The van der Waals surface area contributed by atoms with Crippen LogP contribution in [0.1, 0.15) is 0 Å². The number of thiophene rings is 2. The van der Waals surface area contributed by atoms with Gasteiger partial charge < -0.3 is 0 Å². The van der Waals surface area contributed by atoms with E-state index in [1.54, 1.807) is 0 Å². The van der Waals surface area contributed by atoms with Gasteiger partial charge in [0.25, 0.3) is 0 Å². The molecule has 0 nitrogen and oxygen atoms in total. The molecule has 10 aromatic carbocycles. The van der Waals surface area contributed by atoms with E-state index >= 15 is 0 Å². The largest absolute Gasteiger partial charge is 0.135 e. The maximum Gasteiger partial charge on any atom is 0.0355 e. The van der Waals surface area contributed by atoms with Gasteiger partial charge in [-0.25, -0.2) is 0 Å². The zero-order valence-electron chi connectivity index (χ0n) is 28.0. The molecule has 0 aliphatic rings. The fourth-order valence-corrected chi connectivity index (χ4v) is 11.0. The lowest BCUT2D eigenvalue weighted by molar-refractivity contribution is 1.71. The minimum atomic E-state index is 1.25. The van der Waals surface area contributed by atoms with Crippen molar-refractivity contribution in [2.75, 3.05) is 0 Å². The molecule has 0 fully saturated rings. The summed E-state index contributed by atoms with van der Waals surface area (Å²) in [5.74, 6) is 0. The number of fused-ring (bicyclic) bond motifs is 17. The topological polar surface area (TPSA) is 0 Å². The molecule has 12 rings (SSSR count). The molecule has 2 aromatic heterocycles. The van der Waals surface area contributed by atoms with Crippen molar-refractivity contribution in [3.8, 4) is 22.3 Å². The predicted octanol–water partition coefficient (Wildman–Crippen LogP) is 15.5. The van der Waals surface area contributed by atoms with Crippen LogP contribution in [0.25, 0.3) is 116 Å². The summed E-state index contributed by atoms with van der Waals surface area (Å²) in [6.45, 7) is 0. The van der Waals surface area contributed by atoms with Crippen molar-refractivity contribution in [2.24, 2.45) is 0 Å². The molecule has 0 N–H and O–H groups in total. The SMILES string of the molecule is c1ccc2c(c1)sc1ccc(-c3ccc4c(c3)c3ccccc3c3c5ccc(-c6ccc7sc8ccccc8c7c6)cc5c5ccccc5c43)cc12. The third-order valence-corrected chi connectivity index (χ3v) is 13.5. The fraction of sp³-hybridized carbons (Fsp3) is 0. The van der Waals surface area contributed by atoms with Crippen LogP contribution in [0, 0.1) is 0 Å². The molecule has 0 spiro atoms. The van der Waals surface area contributed by atoms with Crippen LogP contribution in [0.2, 0.25) is 0 Å². The van der Waals surface area contributed by atoms with Crippen LogP contribution in [-0.4, -0.2) is 0 Å². The van der Waals surface area contributed by atoms with E-state index in [9.17, 15) is 0 Å². The van der Waals surface area contributed by atoms with E-state index in [0.717, 1.165) is 0 Å². The maximum atomic E-state index is 2.43. The highest BCUT2D eigenvalue weighted by Crippen LogP contribution is 2.46. The van der Waals surface area contributed by atoms with Crippen molar-refractivity contribution in [2.45, 2.75) is 0 Å². The molecule has 0 radical (unpaired) electrons. The molecule has 2 heterocycles. The first-order valence-corrected chi connectivity index (χ1v) is 19.5. The monoisotopic (exact) mass is 692 g/mol. The highest BCUT2D eigenvalue weighted by atomic mass is 32.1. The van der Waals surface area contributed by atoms with Crippen LogP contribution < -0.4 is 0 Å². The summed E-state index contributed by atoms with van der Waals surface area (Å²) in [5.41, 5.74) is 5.01. The summed E-state index contributed by atoms with van der Waals surface area (Å²) in [7, 11) is 0. The molecule has 240 valence electrons. The van der Waals surface area contributed by atoms with Crippen LogP contribution in [-0.2, 0) is 0 Å². The molecule has 0 bridgehead atoms. The molecule has 2 heteroatoms. The summed E-state index contributed by atoms with van der Waals surface area (Å²) in [6.07, 6.45) is 0. The van der Waals surface area contributed by atoms with Gasteiger partial charge in [0.1, 0.15) is 0 Å². The van der Waals surface area contributed by atoms with Crippen LogP contribution in [0.3, 0.4) is 0 Å². The second-order valence-electron chi connectivity index (χ2n) is 14.0. The van der Waals surface area contributed by atoms with E-state index in [4.69, 9.17) is 0 Å². The Labute approximate surface area is 307 Å². The van der Waals surface area contributed by atoms with Gasteiger partial charge in [-0.05, 0) is 125 Å². The molecule has 12 aromatic rings. The summed E-state index contributed by atoms with van der Waals surface area (Å²) >= 11 is 3.75. The fourth-order valence-electron chi connectivity index (χ4n) is 8.84. The second-order valence-corrected chi connectivity index (χ2v) is 16.1. The zero-order valence-corrected chi connectivity index (χ0v) is 29.6. The minimum Gasteiger partial charge on any atom is -0.135 e. The average molecular weight is 693 g/mol. The molecule has 52 heavy (non-hydrogen) atoms. The molecule has 0 aliphatic heterocycles. The summed E-state index contributed by atoms with van der Waals surface area (Å²) < 4.78 is 5.36. The Morgan fingerprint density at radius 3 is 0.962 bits per heavy atom. The molecular weight excluding hydrogens is 665 g/mol. The molecule has 0 saturated heterocycles. The third-order valence-electron chi connectivity index (χ3n) is 11.2. The van der Waals surface area contributed by atoms with Crippen molar-refractivity contribution < 1.29 is 0 Å². The van der Waals surface area contributed by atoms with E-state index in [1.165, 1.54) is 116 Å². The Balaban J connectivity index is 1.12. The highest BCUT2D eigenvalue weighted by Gasteiger charge is 2.18. The molecule has 0 unspecified atom stereocenters. The van der Waals surface area contributed by atoms with E-state index in [1.807, 2.05) is 22.7 Å². The Bertz CT molecular complexity index is 3240. The number of hydrogen-bond acceptors (Lipinski definition) is 2. The van der Waals surface area contributed by atoms with Gasteiger partial charge in [-0.3, -0.25) is 0 Å². The minimum absolute atomic E-state index is 1.25. The van der Waals surface area contributed by atoms with Crippen LogP contribution in [0.15, 0.2) is 170 Å². The van der Waals surface area contributed by atoms with Crippen molar-refractivity contribution in [3.05, 3.63) is 170 Å². The molecule has 0 aliphatic carbocycles.